The molecule has 4 rings (SSSR count). The Morgan fingerprint density at radius 1 is 1.27 bits per heavy atom. The fourth-order valence-corrected chi connectivity index (χ4v) is 3.20. The van der Waals surface area contributed by atoms with Crippen LogP contribution in [0.5, 0.6) is 0 Å². The SMILES string of the molecule is O=c1c(=Cc2cccc(Cl)c2)sc2nc(-c3ccco3)nn12. The van der Waals surface area contributed by atoms with Crippen LogP contribution in [0.25, 0.3) is 22.6 Å². The summed E-state index contributed by atoms with van der Waals surface area (Å²) in [6, 6.07) is 10.8. The molecular weight excluding hydrogens is 322 g/mol. The number of hydrogen-bond acceptors (Lipinski definition) is 5. The Kier molecular flexibility index (Phi) is 3.06. The van der Waals surface area contributed by atoms with Gasteiger partial charge in [0.1, 0.15) is 0 Å². The van der Waals surface area contributed by atoms with Crippen molar-refractivity contribution in [2.75, 3.05) is 0 Å². The van der Waals surface area contributed by atoms with Crippen LogP contribution in [0.15, 0.2) is 51.9 Å². The zero-order valence-corrected chi connectivity index (χ0v) is 12.6. The lowest BCUT2D eigenvalue weighted by molar-refractivity contribution is 0.577. The van der Waals surface area contributed by atoms with Gasteiger partial charge < -0.3 is 4.42 Å². The third-order valence-corrected chi connectivity index (χ3v) is 4.26. The van der Waals surface area contributed by atoms with Gasteiger partial charge in [-0.05, 0) is 35.9 Å². The van der Waals surface area contributed by atoms with Gasteiger partial charge in [-0.25, -0.2) is 0 Å². The van der Waals surface area contributed by atoms with Crippen LogP contribution in [0.4, 0.5) is 0 Å². The standard InChI is InChI=1S/C15H8ClN3O2S/c16-10-4-1-3-9(7-10)8-12-14(20)19-15(22-12)17-13(18-19)11-5-2-6-21-11/h1-8H. The number of fused-ring (bicyclic) bond motifs is 1. The summed E-state index contributed by atoms with van der Waals surface area (Å²) in [5, 5.41) is 4.82. The number of nitrogens with zero attached hydrogens (tertiary/aromatic N) is 3. The summed E-state index contributed by atoms with van der Waals surface area (Å²) in [7, 11) is 0. The minimum absolute atomic E-state index is 0.203. The zero-order valence-electron chi connectivity index (χ0n) is 11.1. The highest BCUT2D eigenvalue weighted by Crippen LogP contribution is 2.16. The summed E-state index contributed by atoms with van der Waals surface area (Å²) in [5.41, 5.74) is 0.658. The molecule has 22 heavy (non-hydrogen) atoms. The molecule has 7 heteroatoms. The van der Waals surface area contributed by atoms with Gasteiger partial charge in [0.25, 0.3) is 5.56 Å². The summed E-state index contributed by atoms with van der Waals surface area (Å²) >= 11 is 7.23. The molecule has 0 fully saturated rings. The van der Waals surface area contributed by atoms with E-state index in [1.54, 1.807) is 36.6 Å². The minimum Gasteiger partial charge on any atom is -0.461 e. The first-order valence-corrected chi connectivity index (χ1v) is 7.61. The van der Waals surface area contributed by atoms with Gasteiger partial charge in [-0.15, -0.1) is 5.10 Å². The molecule has 0 saturated carbocycles. The number of furan rings is 1. The largest absolute Gasteiger partial charge is 0.461 e. The highest BCUT2D eigenvalue weighted by molar-refractivity contribution is 7.15. The van der Waals surface area contributed by atoms with E-state index in [4.69, 9.17) is 16.0 Å². The maximum atomic E-state index is 12.4. The second kappa shape index (κ2) is 5.08. The molecule has 0 unspecified atom stereocenters. The Balaban J connectivity index is 1.86. The van der Waals surface area contributed by atoms with Crippen molar-refractivity contribution >= 4 is 34.0 Å². The van der Waals surface area contributed by atoms with E-state index in [-0.39, 0.29) is 5.56 Å². The fourth-order valence-electron chi connectivity index (χ4n) is 2.09. The molecule has 0 amide bonds. The molecule has 4 aromatic rings. The van der Waals surface area contributed by atoms with E-state index in [0.29, 0.717) is 26.1 Å². The molecule has 0 aliphatic rings. The molecular formula is C15H8ClN3O2S. The summed E-state index contributed by atoms with van der Waals surface area (Å²) in [4.78, 5) is 17.2. The fraction of sp³-hybridized carbons (Fsp3) is 0. The van der Waals surface area contributed by atoms with Gasteiger partial charge >= 0.3 is 0 Å². The van der Waals surface area contributed by atoms with Crippen molar-refractivity contribution in [3.63, 3.8) is 0 Å². The zero-order chi connectivity index (χ0) is 15.1. The molecule has 0 spiro atoms. The average Bonchev–Trinajstić information content (AvgIpc) is 3.18. The van der Waals surface area contributed by atoms with Gasteiger partial charge in [-0.2, -0.15) is 9.50 Å². The maximum absolute atomic E-state index is 12.4. The number of benzene rings is 1. The number of halogens is 1. The molecule has 0 bridgehead atoms. The Hall–Kier alpha value is -2.44. The second-order valence-electron chi connectivity index (χ2n) is 4.58. The summed E-state index contributed by atoms with van der Waals surface area (Å²) in [6.07, 6.45) is 3.32. The van der Waals surface area contributed by atoms with E-state index in [1.807, 2.05) is 12.1 Å². The van der Waals surface area contributed by atoms with Gasteiger partial charge in [0.05, 0.1) is 10.8 Å². The number of thiazole rings is 1. The second-order valence-corrected chi connectivity index (χ2v) is 6.02. The number of aromatic nitrogens is 3. The number of hydrogen-bond donors (Lipinski definition) is 0. The van der Waals surface area contributed by atoms with Crippen molar-refractivity contribution < 1.29 is 4.42 Å². The topological polar surface area (TPSA) is 60.4 Å². The smallest absolute Gasteiger partial charge is 0.291 e. The highest BCUT2D eigenvalue weighted by Gasteiger charge is 2.13. The lowest BCUT2D eigenvalue weighted by atomic mass is 10.2. The maximum Gasteiger partial charge on any atom is 0.291 e. The predicted molar refractivity (Wildman–Crippen MR) is 85.1 cm³/mol. The molecule has 0 saturated heterocycles. The monoisotopic (exact) mass is 329 g/mol. The first-order chi connectivity index (χ1) is 10.7. The molecule has 0 aliphatic heterocycles. The first kappa shape index (κ1) is 13.2. The third kappa shape index (κ3) is 2.22. The van der Waals surface area contributed by atoms with Gasteiger partial charge in [0.15, 0.2) is 5.76 Å². The van der Waals surface area contributed by atoms with Crippen LogP contribution in [0, 0.1) is 0 Å². The van der Waals surface area contributed by atoms with Crippen molar-refractivity contribution in [2.45, 2.75) is 0 Å². The van der Waals surface area contributed by atoms with Gasteiger partial charge in [0.2, 0.25) is 10.8 Å². The molecule has 0 aliphatic carbocycles. The van der Waals surface area contributed by atoms with Crippen LogP contribution in [0.3, 0.4) is 0 Å². The van der Waals surface area contributed by atoms with Crippen molar-refractivity contribution in [1.29, 1.82) is 0 Å². The Bertz CT molecular complexity index is 1070. The third-order valence-electron chi connectivity index (χ3n) is 3.07. The van der Waals surface area contributed by atoms with Crippen molar-refractivity contribution in [3.05, 3.63) is 68.1 Å². The van der Waals surface area contributed by atoms with Crippen molar-refractivity contribution in [2.24, 2.45) is 0 Å². The summed E-state index contributed by atoms with van der Waals surface area (Å²) < 4.78 is 7.09. The van der Waals surface area contributed by atoms with E-state index in [0.717, 1.165) is 5.56 Å². The quantitative estimate of drug-likeness (QED) is 0.567. The van der Waals surface area contributed by atoms with Gasteiger partial charge in [-0.3, -0.25) is 4.79 Å². The summed E-state index contributed by atoms with van der Waals surface area (Å²) in [5.74, 6) is 0.943. The van der Waals surface area contributed by atoms with E-state index in [2.05, 4.69) is 10.1 Å². The first-order valence-electron chi connectivity index (χ1n) is 6.41. The van der Waals surface area contributed by atoms with Crippen molar-refractivity contribution in [1.82, 2.24) is 14.6 Å². The molecule has 3 heterocycles. The van der Waals surface area contributed by atoms with Crippen LogP contribution < -0.4 is 10.1 Å². The van der Waals surface area contributed by atoms with Gasteiger partial charge in [-0.1, -0.05) is 35.1 Å². The molecule has 0 atom stereocenters. The Morgan fingerprint density at radius 3 is 2.91 bits per heavy atom. The van der Waals surface area contributed by atoms with Gasteiger partial charge in [0, 0.05) is 5.02 Å². The Labute approximate surface area is 133 Å². The van der Waals surface area contributed by atoms with E-state index >= 15 is 0 Å². The molecule has 108 valence electrons. The lowest BCUT2D eigenvalue weighted by Gasteiger charge is -1.91. The van der Waals surface area contributed by atoms with Crippen LogP contribution in [-0.4, -0.2) is 14.6 Å². The van der Waals surface area contributed by atoms with Crippen molar-refractivity contribution in [3.8, 4) is 11.6 Å². The number of rotatable bonds is 2. The molecule has 0 radical (unpaired) electrons. The highest BCUT2D eigenvalue weighted by atomic mass is 35.5. The molecule has 3 aromatic heterocycles. The van der Waals surface area contributed by atoms with Crippen LogP contribution >= 0.6 is 22.9 Å². The van der Waals surface area contributed by atoms with Crippen LogP contribution in [0.1, 0.15) is 5.56 Å². The normalized spacial score (nSPS) is 12.3. The minimum atomic E-state index is -0.203. The van der Waals surface area contributed by atoms with E-state index < -0.39 is 0 Å². The molecule has 0 N–H and O–H groups in total. The van der Waals surface area contributed by atoms with Crippen LogP contribution in [0.2, 0.25) is 5.02 Å². The average molecular weight is 330 g/mol. The van der Waals surface area contributed by atoms with E-state index in [1.165, 1.54) is 15.9 Å². The summed E-state index contributed by atoms with van der Waals surface area (Å²) in [6.45, 7) is 0. The Morgan fingerprint density at radius 2 is 2.18 bits per heavy atom. The van der Waals surface area contributed by atoms with Crippen LogP contribution in [-0.2, 0) is 0 Å². The molecule has 5 nitrogen and oxygen atoms in total. The van der Waals surface area contributed by atoms with E-state index in [9.17, 15) is 4.79 Å². The lowest BCUT2D eigenvalue weighted by Crippen LogP contribution is -2.23. The molecule has 1 aromatic carbocycles. The predicted octanol–water partition coefficient (Wildman–Crippen LogP) is 2.61.